The van der Waals surface area contributed by atoms with Crippen LogP contribution in [-0.4, -0.2) is 4.57 Å². The Balaban J connectivity index is 1.88. The zero-order valence-corrected chi connectivity index (χ0v) is 13.8. The summed E-state index contributed by atoms with van der Waals surface area (Å²) in [4.78, 5) is 4.95. The molecule has 0 aliphatic carbocycles. The summed E-state index contributed by atoms with van der Waals surface area (Å²) in [5.74, 6) is -1.58. The van der Waals surface area contributed by atoms with E-state index in [1.54, 1.807) is 12.1 Å². The third kappa shape index (κ3) is 3.76. The third-order valence-electron chi connectivity index (χ3n) is 3.65. The molecule has 0 atom stereocenters. The molecule has 1 aromatic heterocycles. The van der Waals surface area contributed by atoms with Crippen molar-refractivity contribution >= 4 is 17.0 Å². The van der Waals surface area contributed by atoms with E-state index in [0.29, 0.717) is 17.8 Å². The van der Waals surface area contributed by atoms with Crippen molar-refractivity contribution in [2.24, 2.45) is 4.99 Å². The smallest absolute Gasteiger partial charge is 0.190 e. The third-order valence-corrected chi connectivity index (χ3v) is 4.64. The summed E-state index contributed by atoms with van der Waals surface area (Å²) in [7, 11) is 0. The van der Waals surface area contributed by atoms with E-state index >= 15 is 0 Å². The molecule has 0 saturated carbocycles. The molecule has 0 saturated heterocycles. The molecule has 24 heavy (non-hydrogen) atoms. The van der Waals surface area contributed by atoms with E-state index in [-0.39, 0.29) is 11.5 Å². The molecular formula is C18H15F3N2S. The average molecular weight is 348 g/mol. The van der Waals surface area contributed by atoms with E-state index in [0.717, 1.165) is 17.3 Å². The lowest BCUT2D eigenvalue weighted by Gasteiger charge is -2.06. The summed E-state index contributed by atoms with van der Waals surface area (Å²) in [6.07, 6.45) is 0.705. The van der Waals surface area contributed by atoms with Gasteiger partial charge in [-0.25, -0.2) is 18.2 Å². The first-order valence-corrected chi connectivity index (χ1v) is 8.30. The van der Waals surface area contributed by atoms with Gasteiger partial charge >= 0.3 is 0 Å². The van der Waals surface area contributed by atoms with Crippen LogP contribution in [0.5, 0.6) is 0 Å². The van der Waals surface area contributed by atoms with Crippen molar-refractivity contribution in [2.45, 2.75) is 19.9 Å². The molecule has 0 N–H and O–H groups in total. The zero-order chi connectivity index (χ0) is 17.1. The maximum Gasteiger partial charge on any atom is 0.190 e. The highest BCUT2D eigenvalue weighted by Crippen LogP contribution is 2.18. The lowest BCUT2D eigenvalue weighted by atomic mass is 10.1. The highest BCUT2D eigenvalue weighted by atomic mass is 32.1. The summed E-state index contributed by atoms with van der Waals surface area (Å²) in [6.45, 7) is 2.59. The number of nitrogens with zero attached hydrogens (tertiary/aromatic N) is 2. The maximum atomic E-state index is 13.8. The van der Waals surface area contributed by atoms with Gasteiger partial charge in [0.25, 0.3) is 0 Å². The van der Waals surface area contributed by atoms with Gasteiger partial charge in [0.05, 0.1) is 0 Å². The molecule has 3 rings (SSSR count). The lowest BCUT2D eigenvalue weighted by Crippen LogP contribution is -2.17. The Bertz CT molecular complexity index is 911. The fourth-order valence-corrected chi connectivity index (χ4v) is 3.26. The summed E-state index contributed by atoms with van der Waals surface area (Å²) >= 11 is 1.40. The molecule has 6 heteroatoms. The number of halogens is 3. The first-order chi connectivity index (χ1) is 11.5. The van der Waals surface area contributed by atoms with Crippen molar-refractivity contribution in [3.8, 4) is 0 Å². The van der Waals surface area contributed by atoms with Gasteiger partial charge in [-0.15, -0.1) is 11.3 Å². The Morgan fingerprint density at radius 2 is 1.71 bits per heavy atom. The zero-order valence-electron chi connectivity index (χ0n) is 13.0. The molecule has 0 aliphatic rings. The lowest BCUT2D eigenvalue weighted by molar-refractivity contribution is 0.583. The fourth-order valence-electron chi connectivity index (χ4n) is 2.34. The van der Waals surface area contributed by atoms with Crippen LogP contribution in [0.2, 0.25) is 0 Å². The maximum absolute atomic E-state index is 13.8. The largest absolute Gasteiger partial charge is 0.321 e. The Hall–Kier alpha value is -2.34. The van der Waals surface area contributed by atoms with Gasteiger partial charge in [0.15, 0.2) is 10.6 Å². The van der Waals surface area contributed by atoms with Crippen molar-refractivity contribution in [1.29, 1.82) is 0 Å². The SMILES string of the molecule is Cc1csc(=Nc2ccc(F)cc2F)n1CCc1ccc(F)cc1. The molecule has 124 valence electrons. The molecule has 2 aromatic carbocycles. The molecule has 0 radical (unpaired) electrons. The van der Waals surface area contributed by atoms with Crippen molar-refractivity contribution in [1.82, 2.24) is 4.57 Å². The number of thiazole rings is 1. The highest BCUT2D eigenvalue weighted by molar-refractivity contribution is 7.07. The monoisotopic (exact) mass is 348 g/mol. The minimum atomic E-state index is -0.689. The van der Waals surface area contributed by atoms with E-state index in [9.17, 15) is 13.2 Å². The number of hydrogen-bond acceptors (Lipinski definition) is 2. The summed E-state index contributed by atoms with van der Waals surface area (Å²) < 4.78 is 41.7. The molecule has 2 nitrogen and oxygen atoms in total. The topological polar surface area (TPSA) is 17.3 Å². The summed E-state index contributed by atoms with van der Waals surface area (Å²) in [5.41, 5.74) is 2.12. The van der Waals surface area contributed by atoms with Gasteiger partial charge in [-0.05, 0) is 43.2 Å². The van der Waals surface area contributed by atoms with Crippen molar-refractivity contribution in [3.05, 3.63) is 81.4 Å². The molecule has 3 aromatic rings. The van der Waals surface area contributed by atoms with Crippen LogP contribution >= 0.6 is 11.3 Å². The molecule has 1 heterocycles. The predicted molar refractivity (Wildman–Crippen MR) is 88.7 cm³/mol. The highest BCUT2D eigenvalue weighted by Gasteiger charge is 2.06. The van der Waals surface area contributed by atoms with Gasteiger partial charge in [0, 0.05) is 23.7 Å². The standard InChI is InChI=1S/C18H15F3N2S/c1-12-11-24-18(22-17-7-6-15(20)10-16(17)21)23(12)9-8-13-2-4-14(19)5-3-13/h2-7,10-11H,8-9H2,1H3. The van der Waals surface area contributed by atoms with E-state index < -0.39 is 11.6 Å². The van der Waals surface area contributed by atoms with Gasteiger partial charge in [-0.1, -0.05) is 12.1 Å². The molecule has 0 fully saturated rings. The fraction of sp³-hybridized carbons (Fsp3) is 0.167. The molecule has 0 spiro atoms. The Kier molecular flexibility index (Phi) is 4.85. The second kappa shape index (κ2) is 7.05. The molecule has 0 unspecified atom stereocenters. The summed E-state index contributed by atoms with van der Waals surface area (Å²) in [6, 6.07) is 9.68. The van der Waals surface area contributed by atoms with Crippen LogP contribution in [0.15, 0.2) is 52.8 Å². The van der Waals surface area contributed by atoms with Gasteiger partial charge < -0.3 is 4.57 Å². The van der Waals surface area contributed by atoms with Crippen LogP contribution in [0.4, 0.5) is 18.9 Å². The van der Waals surface area contributed by atoms with Crippen LogP contribution < -0.4 is 4.80 Å². The first kappa shape index (κ1) is 16.5. The Morgan fingerprint density at radius 1 is 1.00 bits per heavy atom. The van der Waals surface area contributed by atoms with E-state index in [1.165, 1.54) is 35.6 Å². The van der Waals surface area contributed by atoms with Crippen molar-refractivity contribution < 1.29 is 13.2 Å². The number of aryl methyl sites for hydroxylation is 2. The number of rotatable bonds is 4. The molecular weight excluding hydrogens is 333 g/mol. The van der Waals surface area contributed by atoms with Crippen molar-refractivity contribution in [3.63, 3.8) is 0 Å². The normalized spacial score (nSPS) is 11.9. The summed E-state index contributed by atoms with van der Waals surface area (Å²) in [5, 5.41) is 1.94. The quantitative estimate of drug-likeness (QED) is 0.647. The first-order valence-electron chi connectivity index (χ1n) is 7.42. The van der Waals surface area contributed by atoms with E-state index in [2.05, 4.69) is 4.99 Å². The van der Waals surface area contributed by atoms with Crippen LogP contribution in [0.3, 0.4) is 0 Å². The Morgan fingerprint density at radius 3 is 2.42 bits per heavy atom. The van der Waals surface area contributed by atoms with Gasteiger partial charge in [0.1, 0.15) is 17.3 Å². The number of hydrogen-bond donors (Lipinski definition) is 0. The van der Waals surface area contributed by atoms with Crippen molar-refractivity contribution in [2.75, 3.05) is 0 Å². The van der Waals surface area contributed by atoms with Gasteiger partial charge in [-0.3, -0.25) is 0 Å². The van der Waals surface area contributed by atoms with E-state index in [1.807, 2.05) is 16.9 Å². The molecule has 0 amide bonds. The minimum absolute atomic E-state index is 0.105. The van der Waals surface area contributed by atoms with Crippen LogP contribution in [-0.2, 0) is 13.0 Å². The Labute approximate surface area is 141 Å². The van der Waals surface area contributed by atoms with E-state index in [4.69, 9.17) is 0 Å². The molecule has 0 bridgehead atoms. The number of benzene rings is 2. The van der Waals surface area contributed by atoms with Gasteiger partial charge in [0.2, 0.25) is 0 Å². The second-order valence-corrected chi connectivity index (χ2v) is 6.23. The predicted octanol–water partition coefficient (Wildman–Crippen LogP) is 4.75. The van der Waals surface area contributed by atoms with Crippen LogP contribution in [0.25, 0.3) is 0 Å². The average Bonchev–Trinajstić information content (AvgIpc) is 2.90. The molecule has 0 aliphatic heterocycles. The van der Waals surface area contributed by atoms with Crippen LogP contribution in [0, 0.1) is 24.4 Å². The second-order valence-electron chi connectivity index (χ2n) is 5.40. The number of aromatic nitrogens is 1. The van der Waals surface area contributed by atoms with Gasteiger partial charge in [-0.2, -0.15) is 0 Å². The van der Waals surface area contributed by atoms with Crippen LogP contribution in [0.1, 0.15) is 11.3 Å². The minimum Gasteiger partial charge on any atom is -0.321 e.